The molecule has 1 saturated carbocycles. The standard InChI is InChI=1S/C26H36N4O2/c1-3-10-30(17-20-4-5-20)26-15-24(27-18-28-26)25(32)14-22-7-6-21(13-19(22)2)16-29-11-8-23(31)9-12-29/h6-7,13,15,18,20,23,31H,3-5,8-12,14,16-17H2,1-2H3. The molecule has 2 aromatic rings. The fourth-order valence-electron chi connectivity index (χ4n) is 4.51. The summed E-state index contributed by atoms with van der Waals surface area (Å²) in [5, 5.41) is 9.70. The van der Waals surface area contributed by atoms with Crippen molar-refractivity contribution in [3.8, 4) is 0 Å². The molecule has 0 atom stereocenters. The average Bonchev–Trinajstić information content (AvgIpc) is 3.61. The molecular weight excluding hydrogens is 400 g/mol. The van der Waals surface area contributed by atoms with Crippen molar-refractivity contribution >= 4 is 11.6 Å². The van der Waals surface area contributed by atoms with Crippen LogP contribution in [0.5, 0.6) is 0 Å². The Labute approximate surface area is 191 Å². The first-order chi connectivity index (χ1) is 15.5. The molecule has 0 spiro atoms. The van der Waals surface area contributed by atoms with Crippen LogP contribution in [0.2, 0.25) is 0 Å². The van der Waals surface area contributed by atoms with Gasteiger partial charge in [0.25, 0.3) is 0 Å². The summed E-state index contributed by atoms with van der Waals surface area (Å²) in [6.45, 7) is 9.00. The Kier molecular flexibility index (Phi) is 7.53. The zero-order valence-corrected chi connectivity index (χ0v) is 19.5. The molecule has 2 heterocycles. The van der Waals surface area contributed by atoms with Gasteiger partial charge in [-0.15, -0.1) is 0 Å². The number of aromatic nitrogens is 2. The van der Waals surface area contributed by atoms with E-state index in [0.717, 1.165) is 74.8 Å². The van der Waals surface area contributed by atoms with Crippen LogP contribution in [0.1, 0.15) is 66.2 Å². The number of carbonyl (C=O) groups excluding carboxylic acids is 1. The molecule has 6 heteroatoms. The number of piperidine rings is 1. The zero-order chi connectivity index (χ0) is 22.5. The normalized spacial score (nSPS) is 17.5. The highest BCUT2D eigenvalue weighted by Gasteiger charge is 2.25. The maximum Gasteiger partial charge on any atom is 0.185 e. The summed E-state index contributed by atoms with van der Waals surface area (Å²) < 4.78 is 0. The molecule has 32 heavy (non-hydrogen) atoms. The third-order valence-electron chi connectivity index (χ3n) is 6.65. The van der Waals surface area contributed by atoms with E-state index in [4.69, 9.17) is 0 Å². The van der Waals surface area contributed by atoms with Gasteiger partial charge >= 0.3 is 0 Å². The predicted molar refractivity (Wildman–Crippen MR) is 127 cm³/mol. The number of hydrogen-bond acceptors (Lipinski definition) is 6. The van der Waals surface area contributed by atoms with E-state index < -0.39 is 0 Å². The molecule has 0 amide bonds. The van der Waals surface area contributed by atoms with E-state index in [9.17, 15) is 9.90 Å². The molecule has 6 nitrogen and oxygen atoms in total. The molecule has 1 aliphatic carbocycles. The van der Waals surface area contributed by atoms with E-state index in [-0.39, 0.29) is 11.9 Å². The first-order valence-electron chi connectivity index (χ1n) is 12.1. The summed E-state index contributed by atoms with van der Waals surface area (Å²) in [7, 11) is 0. The Balaban J connectivity index is 1.40. The molecule has 4 rings (SSSR count). The van der Waals surface area contributed by atoms with Gasteiger partial charge in [-0.05, 0) is 61.6 Å². The van der Waals surface area contributed by atoms with Gasteiger partial charge in [0.1, 0.15) is 17.8 Å². The van der Waals surface area contributed by atoms with Crippen molar-refractivity contribution < 1.29 is 9.90 Å². The molecule has 1 aromatic carbocycles. The number of Topliss-reactive ketones (excluding diaryl/α,β-unsaturated/α-hetero) is 1. The molecule has 172 valence electrons. The number of aliphatic hydroxyl groups is 1. The van der Waals surface area contributed by atoms with Gasteiger partial charge in [-0.1, -0.05) is 25.1 Å². The summed E-state index contributed by atoms with van der Waals surface area (Å²) in [6.07, 6.45) is 7.10. The number of aliphatic hydroxyl groups excluding tert-OH is 1. The second kappa shape index (κ2) is 10.5. The number of ketones is 1. The van der Waals surface area contributed by atoms with E-state index in [2.05, 4.69) is 51.8 Å². The highest BCUT2D eigenvalue weighted by Crippen LogP contribution is 2.31. The van der Waals surface area contributed by atoms with Crippen LogP contribution >= 0.6 is 0 Å². The average molecular weight is 437 g/mol. The minimum absolute atomic E-state index is 0.0392. The monoisotopic (exact) mass is 436 g/mol. The van der Waals surface area contributed by atoms with Gasteiger partial charge in [0, 0.05) is 45.2 Å². The SMILES string of the molecule is CCCN(CC1CC1)c1cc(C(=O)Cc2ccc(CN3CCC(O)CC3)cc2C)ncn1. The lowest BCUT2D eigenvalue weighted by molar-refractivity contribution is 0.0792. The van der Waals surface area contributed by atoms with Gasteiger partial charge < -0.3 is 10.0 Å². The Morgan fingerprint density at radius 2 is 1.94 bits per heavy atom. The van der Waals surface area contributed by atoms with Crippen LogP contribution < -0.4 is 4.90 Å². The molecule has 1 N–H and O–H groups in total. The number of aryl methyl sites for hydroxylation is 1. The van der Waals surface area contributed by atoms with Gasteiger partial charge in [-0.25, -0.2) is 9.97 Å². The first kappa shape index (κ1) is 22.9. The Morgan fingerprint density at radius 3 is 2.62 bits per heavy atom. The number of carbonyl (C=O) groups is 1. The first-order valence-corrected chi connectivity index (χ1v) is 12.1. The molecule has 2 fully saturated rings. The summed E-state index contributed by atoms with van der Waals surface area (Å²) >= 11 is 0. The minimum Gasteiger partial charge on any atom is -0.393 e. The Morgan fingerprint density at radius 1 is 1.16 bits per heavy atom. The van der Waals surface area contributed by atoms with E-state index in [1.807, 2.05) is 6.07 Å². The van der Waals surface area contributed by atoms with E-state index in [1.54, 1.807) is 0 Å². The van der Waals surface area contributed by atoms with E-state index >= 15 is 0 Å². The number of hydrogen-bond donors (Lipinski definition) is 1. The number of likely N-dealkylation sites (tertiary alicyclic amines) is 1. The van der Waals surface area contributed by atoms with Crippen LogP contribution in [0, 0.1) is 12.8 Å². The lowest BCUT2D eigenvalue weighted by atomic mass is 9.99. The molecule has 1 saturated heterocycles. The number of benzene rings is 1. The van der Waals surface area contributed by atoms with Crippen molar-refractivity contribution in [3.05, 3.63) is 53.0 Å². The summed E-state index contributed by atoms with van der Waals surface area (Å²) in [5.41, 5.74) is 3.96. The molecule has 2 aliphatic rings. The fourth-order valence-corrected chi connectivity index (χ4v) is 4.51. The topological polar surface area (TPSA) is 69.6 Å². The van der Waals surface area contributed by atoms with Crippen LogP contribution in [-0.4, -0.2) is 58.0 Å². The van der Waals surface area contributed by atoms with Crippen LogP contribution in [0.25, 0.3) is 0 Å². The molecule has 0 unspecified atom stereocenters. The molecule has 0 radical (unpaired) electrons. The second-order valence-electron chi connectivity index (χ2n) is 9.52. The summed E-state index contributed by atoms with van der Waals surface area (Å²) in [5.74, 6) is 1.68. The lowest BCUT2D eigenvalue weighted by Gasteiger charge is -2.29. The van der Waals surface area contributed by atoms with E-state index in [0.29, 0.717) is 12.1 Å². The zero-order valence-electron chi connectivity index (χ0n) is 19.5. The summed E-state index contributed by atoms with van der Waals surface area (Å²) in [6, 6.07) is 8.27. The highest BCUT2D eigenvalue weighted by atomic mass is 16.3. The van der Waals surface area contributed by atoms with Gasteiger partial charge in [0.15, 0.2) is 5.78 Å². The second-order valence-corrected chi connectivity index (χ2v) is 9.52. The molecular formula is C26H36N4O2. The van der Waals surface area contributed by atoms with Gasteiger partial charge in [0.05, 0.1) is 6.10 Å². The van der Waals surface area contributed by atoms with Crippen LogP contribution in [-0.2, 0) is 13.0 Å². The molecule has 1 aliphatic heterocycles. The van der Waals surface area contributed by atoms with Crippen molar-refractivity contribution in [1.29, 1.82) is 0 Å². The highest BCUT2D eigenvalue weighted by molar-refractivity contribution is 5.96. The third-order valence-corrected chi connectivity index (χ3v) is 6.65. The van der Waals surface area contributed by atoms with Crippen molar-refractivity contribution in [2.75, 3.05) is 31.1 Å². The number of rotatable bonds is 10. The maximum atomic E-state index is 13.0. The van der Waals surface area contributed by atoms with Crippen LogP contribution in [0.15, 0.2) is 30.6 Å². The largest absolute Gasteiger partial charge is 0.393 e. The quantitative estimate of drug-likeness (QED) is 0.572. The molecule has 1 aromatic heterocycles. The van der Waals surface area contributed by atoms with E-state index in [1.165, 1.54) is 24.7 Å². The van der Waals surface area contributed by atoms with Crippen molar-refractivity contribution in [1.82, 2.24) is 14.9 Å². The number of anilines is 1. The molecule has 0 bridgehead atoms. The number of nitrogens with zero attached hydrogens (tertiary/aromatic N) is 4. The van der Waals surface area contributed by atoms with Gasteiger partial charge in [-0.2, -0.15) is 0 Å². The lowest BCUT2D eigenvalue weighted by Crippen LogP contribution is -2.35. The fraction of sp³-hybridized carbons (Fsp3) is 0.577. The van der Waals surface area contributed by atoms with Crippen molar-refractivity contribution in [3.63, 3.8) is 0 Å². The van der Waals surface area contributed by atoms with Gasteiger partial charge in [-0.3, -0.25) is 9.69 Å². The van der Waals surface area contributed by atoms with Crippen molar-refractivity contribution in [2.45, 2.75) is 65.0 Å². The van der Waals surface area contributed by atoms with Crippen molar-refractivity contribution in [2.24, 2.45) is 5.92 Å². The van der Waals surface area contributed by atoms with Gasteiger partial charge in [0.2, 0.25) is 0 Å². The van der Waals surface area contributed by atoms with Crippen LogP contribution in [0.3, 0.4) is 0 Å². The third kappa shape index (κ3) is 6.14. The van der Waals surface area contributed by atoms with Crippen LogP contribution in [0.4, 0.5) is 5.82 Å². The Bertz CT molecular complexity index is 920. The predicted octanol–water partition coefficient (Wildman–Crippen LogP) is 3.79. The Hall–Kier alpha value is -2.31. The maximum absolute atomic E-state index is 13.0. The smallest absolute Gasteiger partial charge is 0.185 e. The minimum atomic E-state index is -0.147. The summed E-state index contributed by atoms with van der Waals surface area (Å²) in [4.78, 5) is 26.5.